The summed E-state index contributed by atoms with van der Waals surface area (Å²) >= 11 is 0. The molecule has 2 saturated carbocycles. The Morgan fingerprint density at radius 2 is 1.81 bits per heavy atom. The van der Waals surface area contributed by atoms with Crippen LogP contribution in [0.1, 0.15) is 74.5 Å². The summed E-state index contributed by atoms with van der Waals surface area (Å²) in [6.07, 6.45) is 11.2. The maximum absolute atomic E-state index is 6.15. The molecule has 1 aliphatic heterocycles. The van der Waals surface area contributed by atoms with Crippen LogP contribution in [0.3, 0.4) is 0 Å². The van der Waals surface area contributed by atoms with E-state index in [1.54, 1.807) is 11.1 Å². The van der Waals surface area contributed by atoms with Crippen molar-refractivity contribution in [2.24, 2.45) is 17.3 Å². The van der Waals surface area contributed by atoms with E-state index in [9.17, 15) is 0 Å². The molecule has 0 amide bonds. The van der Waals surface area contributed by atoms with Gasteiger partial charge in [-0.25, -0.2) is 0 Å². The quantitative estimate of drug-likeness (QED) is 0.559. The molecule has 0 radical (unpaired) electrons. The first-order valence-corrected chi connectivity index (χ1v) is 12.8. The first-order chi connectivity index (χ1) is 15.2. The molecule has 6 rings (SSSR count). The van der Waals surface area contributed by atoms with Crippen LogP contribution in [-0.2, 0) is 13.0 Å². The Hall–Kier alpha value is -1.80. The minimum absolute atomic E-state index is 0.557. The van der Waals surface area contributed by atoms with Gasteiger partial charge in [-0.3, -0.25) is 4.90 Å². The number of rotatable bonds is 4. The lowest BCUT2D eigenvalue weighted by atomic mass is 9.55. The van der Waals surface area contributed by atoms with Gasteiger partial charge in [0.1, 0.15) is 12.4 Å². The number of ether oxygens (including phenoxy) is 1. The van der Waals surface area contributed by atoms with Gasteiger partial charge in [0.2, 0.25) is 0 Å². The summed E-state index contributed by atoms with van der Waals surface area (Å²) in [5.74, 6) is 3.65. The second-order valence-electron chi connectivity index (χ2n) is 10.9. The third kappa shape index (κ3) is 3.42. The van der Waals surface area contributed by atoms with Gasteiger partial charge >= 0.3 is 0 Å². The molecule has 3 aliphatic carbocycles. The zero-order valence-corrected chi connectivity index (χ0v) is 19.1. The highest BCUT2D eigenvalue weighted by atomic mass is 16.5. The Labute approximate surface area is 188 Å². The normalized spacial score (nSPS) is 34.7. The first-order valence-electron chi connectivity index (χ1n) is 12.8. The predicted octanol–water partition coefficient (Wildman–Crippen LogP) is 6.59. The maximum Gasteiger partial charge on any atom is 0.120 e. The summed E-state index contributed by atoms with van der Waals surface area (Å²) in [6.45, 7) is 6.04. The van der Waals surface area contributed by atoms with E-state index in [1.807, 2.05) is 0 Å². The van der Waals surface area contributed by atoms with Crippen LogP contribution in [0.15, 0.2) is 48.5 Å². The smallest absolute Gasteiger partial charge is 0.120 e. The molecule has 0 spiro atoms. The van der Waals surface area contributed by atoms with Gasteiger partial charge in [-0.05, 0) is 116 Å². The molecular weight excluding hydrogens is 378 g/mol. The van der Waals surface area contributed by atoms with E-state index in [4.69, 9.17) is 4.74 Å². The molecule has 4 aliphatic rings. The van der Waals surface area contributed by atoms with Crippen LogP contribution in [0.2, 0.25) is 0 Å². The number of nitrogens with zero attached hydrogens (tertiary/aromatic N) is 1. The largest absolute Gasteiger partial charge is 0.489 e. The highest BCUT2D eigenvalue weighted by Gasteiger charge is 2.56. The Balaban J connectivity index is 1.19. The number of hydrogen-bond donors (Lipinski definition) is 0. The second kappa shape index (κ2) is 7.96. The van der Waals surface area contributed by atoms with Crippen molar-refractivity contribution in [1.82, 2.24) is 4.90 Å². The SMILES string of the molecule is C[C@]12CC[C@@H]3c4ccc(OCc5ccccc5)cc4CC[C@H]3[C@@H]1CC[C@@H]2N1CCCC1. The molecule has 5 atom stereocenters. The lowest BCUT2D eigenvalue weighted by Crippen LogP contribution is -2.49. The van der Waals surface area contributed by atoms with Gasteiger partial charge in [0.05, 0.1) is 0 Å². The summed E-state index contributed by atoms with van der Waals surface area (Å²) in [5, 5.41) is 0. The van der Waals surface area contributed by atoms with Gasteiger partial charge < -0.3 is 4.74 Å². The van der Waals surface area contributed by atoms with E-state index in [-0.39, 0.29) is 0 Å². The molecule has 2 aromatic rings. The van der Waals surface area contributed by atoms with E-state index in [2.05, 4.69) is 60.4 Å². The molecule has 1 saturated heterocycles. The van der Waals surface area contributed by atoms with Crippen molar-refractivity contribution in [2.75, 3.05) is 13.1 Å². The third-order valence-electron chi connectivity index (χ3n) is 9.48. The monoisotopic (exact) mass is 415 g/mol. The van der Waals surface area contributed by atoms with Crippen LogP contribution in [0, 0.1) is 17.3 Å². The lowest BCUT2D eigenvalue weighted by molar-refractivity contribution is 0.00683. The fourth-order valence-corrected chi connectivity index (χ4v) is 8.01. The molecule has 31 heavy (non-hydrogen) atoms. The topological polar surface area (TPSA) is 12.5 Å². The Bertz CT molecular complexity index is 918. The highest BCUT2D eigenvalue weighted by Crippen LogP contribution is 2.62. The van der Waals surface area contributed by atoms with Crippen molar-refractivity contribution in [3.05, 3.63) is 65.2 Å². The average molecular weight is 416 g/mol. The van der Waals surface area contributed by atoms with Crippen molar-refractivity contribution in [3.63, 3.8) is 0 Å². The molecule has 1 heterocycles. The first kappa shape index (κ1) is 19.9. The van der Waals surface area contributed by atoms with E-state index >= 15 is 0 Å². The number of fused-ring (bicyclic) bond motifs is 5. The number of likely N-dealkylation sites (tertiary alicyclic amines) is 1. The zero-order chi connectivity index (χ0) is 20.8. The molecule has 0 bridgehead atoms. The fourth-order valence-electron chi connectivity index (χ4n) is 8.01. The minimum Gasteiger partial charge on any atom is -0.489 e. The van der Waals surface area contributed by atoms with Gasteiger partial charge in [0.15, 0.2) is 0 Å². The van der Waals surface area contributed by atoms with Crippen molar-refractivity contribution in [3.8, 4) is 5.75 Å². The Kier molecular flexibility index (Phi) is 5.10. The fraction of sp³-hybridized carbons (Fsp3) is 0.586. The second-order valence-corrected chi connectivity index (χ2v) is 10.9. The van der Waals surface area contributed by atoms with Crippen LogP contribution < -0.4 is 4.74 Å². The van der Waals surface area contributed by atoms with Crippen molar-refractivity contribution < 1.29 is 4.74 Å². The van der Waals surface area contributed by atoms with Crippen molar-refractivity contribution in [2.45, 2.75) is 76.9 Å². The molecule has 2 nitrogen and oxygen atoms in total. The molecule has 2 heteroatoms. The van der Waals surface area contributed by atoms with Gasteiger partial charge in [-0.1, -0.05) is 43.3 Å². The lowest BCUT2D eigenvalue weighted by Gasteiger charge is -2.52. The minimum atomic E-state index is 0.557. The summed E-state index contributed by atoms with van der Waals surface area (Å²) in [4.78, 5) is 2.87. The zero-order valence-electron chi connectivity index (χ0n) is 19.1. The Morgan fingerprint density at radius 3 is 2.65 bits per heavy atom. The van der Waals surface area contributed by atoms with Crippen molar-refractivity contribution >= 4 is 0 Å². The van der Waals surface area contributed by atoms with Crippen LogP contribution in [0.4, 0.5) is 0 Å². The molecule has 0 unspecified atom stereocenters. The van der Waals surface area contributed by atoms with Crippen LogP contribution in [-0.4, -0.2) is 24.0 Å². The van der Waals surface area contributed by atoms with E-state index in [0.29, 0.717) is 12.0 Å². The van der Waals surface area contributed by atoms with Crippen LogP contribution in [0.5, 0.6) is 5.75 Å². The molecule has 0 aromatic heterocycles. The predicted molar refractivity (Wildman–Crippen MR) is 126 cm³/mol. The highest BCUT2D eigenvalue weighted by molar-refractivity contribution is 5.41. The number of hydrogen-bond acceptors (Lipinski definition) is 2. The summed E-state index contributed by atoms with van der Waals surface area (Å²) in [7, 11) is 0. The van der Waals surface area contributed by atoms with Crippen LogP contribution in [0.25, 0.3) is 0 Å². The van der Waals surface area contributed by atoms with Gasteiger partial charge in [0, 0.05) is 6.04 Å². The number of aryl methyl sites for hydroxylation is 1. The van der Waals surface area contributed by atoms with Gasteiger partial charge in [-0.2, -0.15) is 0 Å². The van der Waals surface area contributed by atoms with E-state index in [1.165, 1.54) is 70.0 Å². The van der Waals surface area contributed by atoms with Crippen molar-refractivity contribution in [1.29, 1.82) is 0 Å². The molecule has 164 valence electrons. The average Bonchev–Trinajstić information content (AvgIpc) is 3.45. The molecule has 3 fully saturated rings. The van der Waals surface area contributed by atoms with Gasteiger partial charge in [0.25, 0.3) is 0 Å². The van der Waals surface area contributed by atoms with Crippen LogP contribution >= 0.6 is 0 Å². The number of benzene rings is 2. The molecule has 0 N–H and O–H groups in total. The summed E-state index contributed by atoms with van der Waals surface area (Å²) in [6, 6.07) is 18.4. The Morgan fingerprint density at radius 1 is 0.968 bits per heavy atom. The molecular formula is C29H37NO. The third-order valence-corrected chi connectivity index (χ3v) is 9.48. The summed E-state index contributed by atoms with van der Waals surface area (Å²) < 4.78 is 6.15. The van der Waals surface area contributed by atoms with E-state index in [0.717, 1.165) is 29.5 Å². The molecule has 2 aromatic carbocycles. The standard InChI is InChI=1S/C29H37NO/c1-29-16-15-25-24-12-10-23(31-20-21-7-3-2-4-8-21)19-22(24)9-11-26(25)27(29)13-14-28(29)30-17-5-6-18-30/h2-4,7-8,10,12,19,25-28H,5-6,9,11,13-18,20H2,1H3/t25-,26-,27+,28+,29+/m1/s1. The van der Waals surface area contributed by atoms with E-state index < -0.39 is 0 Å². The van der Waals surface area contributed by atoms with Gasteiger partial charge in [-0.15, -0.1) is 0 Å². The summed E-state index contributed by atoms with van der Waals surface area (Å²) in [5.41, 5.74) is 5.00. The maximum atomic E-state index is 6.15.